The third-order valence-electron chi connectivity index (χ3n) is 11.8. The summed E-state index contributed by atoms with van der Waals surface area (Å²) in [6.45, 7) is 0. The monoisotopic (exact) mass is 583 g/mol. The zero-order valence-electron chi connectivity index (χ0n) is 23.4. The lowest BCUT2D eigenvalue weighted by molar-refractivity contribution is -0.140. The van der Waals surface area contributed by atoms with Gasteiger partial charge in [0, 0.05) is 12.1 Å². The highest BCUT2D eigenvalue weighted by Crippen LogP contribution is 2.66. The van der Waals surface area contributed by atoms with Crippen molar-refractivity contribution in [1.29, 1.82) is 0 Å². The van der Waals surface area contributed by atoms with E-state index in [0.29, 0.717) is 17.5 Å². The maximum atomic E-state index is 14.5. The first-order valence-corrected chi connectivity index (χ1v) is 15.4. The lowest BCUT2D eigenvalue weighted by Gasteiger charge is -2.52. The summed E-state index contributed by atoms with van der Waals surface area (Å²) in [4.78, 5) is 57.7. The molecule has 216 valence electrons. The predicted molar refractivity (Wildman–Crippen MR) is 156 cm³/mol. The number of carbonyl (C=O) groups is 4. The highest BCUT2D eigenvalue weighted by atomic mass is 19.1. The van der Waals surface area contributed by atoms with E-state index in [1.807, 2.05) is 48.5 Å². The summed E-state index contributed by atoms with van der Waals surface area (Å²) in [6.07, 6.45) is 6.94. The van der Waals surface area contributed by atoms with Crippen LogP contribution in [0.3, 0.4) is 0 Å². The van der Waals surface area contributed by atoms with Crippen molar-refractivity contribution in [2.75, 3.05) is 4.90 Å². The van der Waals surface area contributed by atoms with E-state index >= 15 is 0 Å². The van der Waals surface area contributed by atoms with Gasteiger partial charge in [0.25, 0.3) is 11.8 Å². The van der Waals surface area contributed by atoms with Gasteiger partial charge in [0.15, 0.2) is 0 Å². The molecule has 44 heavy (non-hydrogen) atoms. The van der Waals surface area contributed by atoms with Crippen molar-refractivity contribution < 1.29 is 23.6 Å². The normalized spacial score (nSPS) is 38.2. The summed E-state index contributed by atoms with van der Waals surface area (Å²) in [7, 11) is 0. The first-order valence-electron chi connectivity index (χ1n) is 15.4. The van der Waals surface area contributed by atoms with Crippen LogP contribution in [0.1, 0.15) is 34.6 Å². The molecule has 2 saturated heterocycles. The van der Waals surface area contributed by atoms with E-state index in [4.69, 9.17) is 5.10 Å². The Morgan fingerprint density at radius 1 is 0.705 bits per heavy atom. The van der Waals surface area contributed by atoms with Gasteiger partial charge in [-0.25, -0.2) is 9.29 Å². The number of rotatable bonds is 3. The van der Waals surface area contributed by atoms with Gasteiger partial charge >= 0.3 is 0 Å². The van der Waals surface area contributed by atoms with Gasteiger partial charge in [0.1, 0.15) is 5.82 Å². The molecule has 4 fully saturated rings. The quantitative estimate of drug-likeness (QED) is 0.260. The Hall–Kier alpha value is -4.72. The molecule has 4 bridgehead atoms. The van der Waals surface area contributed by atoms with Gasteiger partial charge in [0.05, 0.1) is 34.8 Å². The average Bonchev–Trinajstić information content (AvgIpc) is 3.78. The van der Waals surface area contributed by atoms with Crippen LogP contribution in [0.15, 0.2) is 90.0 Å². The Balaban J connectivity index is 1.15. The molecular formula is C36H26FN3O4. The number of hydrogen-bond donors (Lipinski definition) is 0. The number of hydrogen-bond acceptors (Lipinski definition) is 5. The highest BCUT2D eigenvalue weighted by Gasteiger charge is 2.69. The minimum absolute atomic E-state index is 0.0686. The van der Waals surface area contributed by atoms with Crippen molar-refractivity contribution in [3.8, 4) is 0 Å². The van der Waals surface area contributed by atoms with Gasteiger partial charge in [-0.05, 0) is 76.6 Å². The van der Waals surface area contributed by atoms with Gasteiger partial charge in [-0.15, -0.1) is 0 Å². The maximum Gasteiger partial charge on any atom is 0.254 e. The van der Waals surface area contributed by atoms with E-state index in [1.54, 1.807) is 6.21 Å². The highest BCUT2D eigenvalue weighted by molar-refractivity contribution is 6.25. The van der Waals surface area contributed by atoms with Crippen LogP contribution in [-0.4, -0.2) is 34.9 Å². The zero-order chi connectivity index (χ0) is 29.6. The fourth-order valence-electron chi connectivity index (χ4n) is 10.1. The molecule has 0 aromatic heterocycles. The minimum atomic E-state index is -1.21. The molecule has 3 aromatic carbocycles. The lowest BCUT2D eigenvalue weighted by atomic mass is 9.47. The van der Waals surface area contributed by atoms with E-state index in [2.05, 4.69) is 12.2 Å². The van der Waals surface area contributed by atoms with Crippen LogP contribution >= 0.6 is 0 Å². The molecule has 3 aromatic rings. The SMILES string of the molecule is O=C1[C@@H]2[C@H]3C=C[C@@H]([C@@H]4C[C@H]34)[C@@H]2C(=O)N1/N=C\C12c3ccccc3C(c3ccccc31)[C@H]1C(=O)N(c3ccc(F)cc3)C(=O)[C@H]12. The molecule has 0 spiro atoms. The van der Waals surface area contributed by atoms with Crippen LogP contribution in [0.2, 0.25) is 0 Å². The van der Waals surface area contributed by atoms with E-state index in [9.17, 15) is 23.6 Å². The molecule has 0 N–H and O–H groups in total. The van der Waals surface area contributed by atoms with E-state index < -0.39 is 40.8 Å². The van der Waals surface area contributed by atoms with Crippen LogP contribution in [0.5, 0.6) is 0 Å². The largest absolute Gasteiger partial charge is 0.274 e. The molecule has 8 atom stereocenters. The molecule has 12 rings (SSSR count). The fourth-order valence-corrected chi connectivity index (χ4v) is 10.1. The van der Waals surface area contributed by atoms with Gasteiger partial charge in [-0.2, -0.15) is 10.1 Å². The smallest absolute Gasteiger partial charge is 0.254 e. The van der Waals surface area contributed by atoms with E-state index in [1.165, 1.54) is 29.2 Å². The van der Waals surface area contributed by atoms with Crippen LogP contribution in [0.25, 0.3) is 0 Å². The van der Waals surface area contributed by atoms with Gasteiger partial charge in [-0.3, -0.25) is 19.2 Å². The summed E-state index contributed by atoms with van der Waals surface area (Å²) in [5, 5.41) is 5.77. The van der Waals surface area contributed by atoms with E-state index in [0.717, 1.165) is 33.7 Å². The minimum Gasteiger partial charge on any atom is -0.274 e. The second kappa shape index (κ2) is 8.05. The number of hydrazone groups is 1. The summed E-state index contributed by atoms with van der Waals surface area (Å²) in [6, 6.07) is 20.9. The maximum absolute atomic E-state index is 14.5. The standard InChI is InChI=1S/C36H26FN3O4/c37-17-9-11-18(12-10-17)39-32(41)30-27-21-5-1-3-7-25(21)36(31(30)35(39)44,26-8-4-2-6-22(26)27)16-38-40-33(42)28-19-13-14-20(24-15-23(19)24)29(28)34(40)43/h1-14,16,19-20,23-24,27-31H,15H2/b38-16-/t19-,20-,23-,24+,27?,28-,29+,30+,31-,36?/m0/s1. The van der Waals surface area contributed by atoms with Crippen molar-refractivity contribution in [1.82, 2.24) is 5.01 Å². The summed E-state index contributed by atoms with van der Waals surface area (Å²) in [5.74, 6) is -3.43. The fraction of sp³-hybridized carbons (Fsp3) is 0.306. The van der Waals surface area contributed by atoms with Crippen molar-refractivity contribution in [2.45, 2.75) is 17.8 Å². The lowest BCUT2D eigenvalue weighted by Crippen LogP contribution is -2.55. The topological polar surface area (TPSA) is 87.1 Å². The zero-order valence-corrected chi connectivity index (χ0v) is 23.4. The molecule has 2 saturated carbocycles. The predicted octanol–water partition coefficient (Wildman–Crippen LogP) is 4.42. The average molecular weight is 584 g/mol. The van der Waals surface area contributed by atoms with Crippen molar-refractivity contribution in [3.05, 3.63) is 113 Å². The van der Waals surface area contributed by atoms with Crippen LogP contribution < -0.4 is 4.90 Å². The number of amides is 4. The molecule has 7 nitrogen and oxygen atoms in total. The number of carbonyl (C=O) groups excluding carboxylic acids is 4. The van der Waals surface area contributed by atoms with E-state index in [-0.39, 0.29) is 35.5 Å². The van der Waals surface area contributed by atoms with Crippen molar-refractivity contribution in [2.24, 2.45) is 52.4 Å². The third-order valence-corrected chi connectivity index (χ3v) is 11.8. The Bertz CT molecular complexity index is 1850. The molecule has 0 unspecified atom stereocenters. The number of allylic oxidation sites excluding steroid dienone is 2. The molecule has 4 amide bonds. The first-order chi connectivity index (χ1) is 21.4. The van der Waals surface area contributed by atoms with Crippen molar-refractivity contribution >= 4 is 35.5 Å². The van der Waals surface area contributed by atoms with Gasteiger partial charge < -0.3 is 0 Å². The Morgan fingerprint density at radius 3 is 1.86 bits per heavy atom. The third kappa shape index (κ3) is 2.72. The molecule has 8 heteroatoms. The number of halogens is 1. The van der Waals surface area contributed by atoms with Gasteiger partial charge in [-0.1, -0.05) is 60.7 Å². The van der Waals surface area contributed by atoms with Crippen LogP contribution in [0, 0.1) is 53.2 Å². The number of imide groups is 2. The second-order valence-electron chi connectivity index (χ2n) is 13.4. The van der Waals surface area contributed by atoms with Crippen molar-refractivity contribution in [3.63, 3.8) is 0 Å². The molecule has 9 aliphatic rings. The van der Waals surface area contributed by atoms with Crippen LogP contribution in [0.4, 0.5) is 10.1 Å². The molecule has 0 radical (unpaired) electrons. The summed E-state index contributed by atoms with van der Waals surface area (Å²) in [5.41, 5.74) is 2.64. The Kier molecular flexibility index (Phi) is 4.52. The molecular weight excluding hydrogens is 557 g/mol. The van der Waals surface area contributed by atoms with Gasteiger partial charge in [0.2, 0.25) is 11.8 Å². The Labute approximate surface area is 252 Å². The molecule has 2 aliphatic heterocycles. The number of anilines is 1. The number of nitrogens with zero attached hydrogens (tertiary/aromatic N) is 3. The molecule has 7 aliphatic carbocycles. The first kappa shape index (κ1) is 24.7. The van der Waals surface area contributed by atoms with Crippen LogP contribution in [-0.2, 0) is 24.6 Å². The summed E-state index contributed by atoms with van der Waals surface area (Å²) >= 11 is 0. The summed E-state index contributed by atoms with van der Waals surface area (Å²) < 4.78 is 13.8. The Morgan fingerprint density at radius 2 is 1.27 bits per heavy atom. The number of benzene rings is 3. The second-order valence-corrected chi connectivity index (χ2v) is 13.4. The molecule has 2 heterocycles.